The molecular formula is C25H33N7. The smallest absolute Gasteiger partial charge is 0.173 e. The summed E-state index contributed by atoms with van der Waals surface area (Å²) >= 11 is 0. The first kappa shape index (κ1) is 20.9. The Bertz CT molecular complexity index is 985. The van der Waals surface area contributed by atoms with Gasteiger partial charge in [0.1, 0.15) is 0 Å². The standard InChI is InChI=1S/C25H33N7/c1-29(2)21-14-12-20(13-15-21)24(25-26-27-28-32(25)23-10-6-7-11-23)31-18-16-30(17-19-31)22-8-4-3-5-9-22/h3-5,8-9,12-15,23-24H,6-7,10-11,16-19H2,1-2H3/t24-/m0/s1. The van der Waals surface area contributed by atoms with Crippen molar-refractivity contribution in [1.29, 1.82) is 0 Å². The van der Waals surface area contributed by atoms with Crippen LogP contribution in [0.2, 0.25) is 0 Å². The van der Waals surface area contributed by atoms with Gasteiger partial charge in [0, 0.05) is 51.6 Å². The van der Waals surface area contributed by atoms with Crippen molar-refractivity contribution in [3.63, 3.8) is 0 Å². The molecule has 1 saturated heterocycles. The number of benzene rings is 2. The van der Waals surface area contributed by atoms with E-state index in [1.54, 1.807) is 0 Å². The molecule has 1 aliphatic carbocycles. The van der Waals surface area contributed by atoms with E-state index in [9.17, 15) is 0 Å². The summed E-state index contributed by atoms with van der Waals surface area (Å²) in [6.07, 6.45) is 4.88. The van der Waals surface area contributed by atoms with Gasteiger partial charge in [0.25, 0.3) is 0 Å². The molecule has 0 spiro atoms. The molecule has 2 heterocycles. The van der Waals surface area contributed by atoms with E-state index in [2.05, 4.69) is 104 Å². The molecule has 0 amide bonds. The van der Waals surface area contributed by atoms with Crippen LogP contribution in [0.4, 0.5) is 11.4 Å². The highest BCUT2D eigenvalue weighted by atomic mass is 15.6. The summed E-state index contributed by atoms with van der Waals surface area (Å²) in [6.45, 7) is 3.96. The third-order valence-corrected chi connectivity index (χ3v) is 6.96. The lowest BCUT2D eigenvalue weighted by Crippen LogP contribution is -2.48. The maximum atomic E-state index is 4.58. The second-order valence-electron chi connectivity index (χ2n) is 9.17. The molecular weight excluding hydrogens is 398 g/mol. The SMILES string of the molecule is CN(C)c1ccc([C@@H](c2nnnn2C2CCCC2)N2CCN(c3ccccc3)CC2)cc1. The summed E-state index contributed by atoms with van der Waals surface area (Å²) in [5, 5.41) is 13.2. The molecule has 1 atom stereocenters. The van der Waals surface area contributed by atoms with Gasteiger partial charge in [0.15, 0.2) is 5.82 Å². The molecule has 1 saturated carbocycles. The molecule has 2 aromatic carbocycles. The van der Waals surface area contributed by atoms with Gasteiger partial charge >= 0.3 is 0 Å². The molecule has 0 N–H and O–H groups in total. The summed E-state index contributed by atoms with van der Waals surface area (Å²) in [7, 11) is 4.16. The molecule has 2 fully saturated rings. The lowest BCUT2D eigenvalue weighted by atomic mass is 10.0. The molecule has 7 heteroatoms. The molecule has 0 unspecified atom stereocenters. The van der Waals surface area contributed by atoms with Crippen LogP contribution in [-0.2, 0) is 0 Å². The van der Waals surface area contributed by atoms with Crippen LogP contribution in [-0.4, -0.2) is 65.4 Å². The van der Waals surface area contributed by atoms with E-state index < -0.39 is 0 Å². The fourth-order valence-electron chi connectivity index (χ4n) is 5.14. The van der Waals surface area contributed by atoms with Crippen LogP contribution < -0.4 is 9.80 Å². The minimum absolute atomic E-state index is 0.0692. The Hall–Kier alpha value is -2.93. The summed E-state index contributed by atoms with van der Waals surface area (Å²) in [5.41, 5.74) is 3.77. The quantitative estimate of drug-likeness (QED) is 0.592. The number of tetrazole rings is 1. The fraction of sp³-hybridized carbons (Fsp3) is 0.480. The molecule has 7 nitrogen and oxygen atoms in total. The third kappa shape index (κ3) is 4.21. The topological polar surface area (TPSA) is 53.3 Å². The Balaban J connectivity index is 1.44. The maximum Gasteiger partial charge on any atom is 0.173 e. The Morgan fingerprint density at radius 1 is 0.875 bits per heavy atom. The number of para-hydroxylation sites is 1. The second-order valence-corrected chi connectivity index (χ2v) is 9.17. The highest BCUT2D eigenvalue weighted by Gasteiger charge is 2.33. The average molecular weight is 432 g/mol. The maximum absolute atomic E-state index is 4.58. The van der Waals surface area contributed by atoms with Gasteiger partial charge in [-0.05, 0) is 53.1 Å². The lowest BCUT2D eigenvalue weighted by Gasteiger charge is -2.40. The van der Waals surface area contributed by atoms with Gasteiger partial charge in [-0.1, -0.05) is 43.2 Å². The van der Waals surface area contributed by atoms with Gasteiger partial charge in [0.05, 0.1) is 12.1 Å². The van der Waals surface area contributed by atoms with Gasteiger partial charge in [-0.3, -0.25) is 4.90 Å². The molecule has 3 aromatic rings. The zero-order valence-corrected chi connectivity index (χ0v) is 19.1. The monoisotopic (exact) mass is 431 g/mol. The number of aromatic nitrogens is 4. The van der Waals surface area contributed by atoms with Gasteiger partial charge in [-0.2, -0.15) is 0 Å². The summed E-state index contributed by atoms with van der Waals surface area (Å²) < 4.78 is 2.13. The number of rotatable bonds is 6. The van der Waals surface area contributed by atoms with Gasteiger partial charge in [-0.25, -0.2) is 4.68 Å². The van der Waals surface area contributed by atoms with E-state index in [0.717, 1.165) is 32.0 Å². The van der Waals surface area contributed by atoms with E-state index in [1.165, 1.54) is 42.6 Å². The van der Waals surface area contributed by atoms with Crippen molar-refractivity contribution in [2.24, 2.45) is 0 Å². The van der Waals surface area contributed by atoms with Crippen molar-refractivity contribution in [3.8, 4) is 0 Å². The largest absolute Gasteiger partial charge is 0.378 e. The van der Waals surface area contributed by atoms with Crippen molar-refractivity contribution in [3.05, 3.63) is 66.0 Å². The Kier molecular flexibility index (Phi) is 6.08. The van der Waals surface area contributed by atoms with Crippen LogP contribution in [0.1, 0.15) is 49.2 Å². The average Bonchev–Trinajstić information content (AvgIpc) is 3.53. The first-order valence-electron chi connectivity index (χ1n) is 11.8. The van der Waals surface area contributed by atoms with E-state index in [1.807, 2.05) is 0 Å². The number of nitrogens with zero attached hydrogens (tertiary/aromatic N) is 7. The van der Waals surface area contributed by atoms with E-state index in [4.69, 9.17) is 0 Å². The van der Waals surface area contributed by atoms with E-state index >= 15 is 0 Å². The molecule has 32 heavy (non-hydrogen) atoms. The molecule has 5 rings (SSSR count). The van der Waals surface area contributed by atoms with Crippen molar-refractivity contribution in [2.75, 3.05) is 50.1 Å². The fourth-order valence-corrected chi connectivity index (χ4v) is 5.14. The van der Waals surface area contributed by atoms with Gasteiger partial charge < -0.3 is 9.80 Å². The van der Waals surface area contributed by atoms with Crippen molar-refractivity contribution in [1.82, 2.24) is 25.1 Å². The van der Waals surface area contributed by atoms with Crippen molar-refractivity contribution >= 4 is 11.4 Å². The van der Waals surface area contributed by atoms with Crippen molar-refractivity contribution in [2.45, 2.75) is 37.8 Å². The van der Waals surface area contributed by atoms with Gasteiger partial charge in [0.2, 0.25) is 0 Å². The number of anilines is 2. The van der Waals surface area contributed by atoms with Crippen LogP contribution in [0.15, 0.2) is 54.6 Å². The molecule has 0 radical (unpaired) electrons. The molecule has 0 bridgehead atoms. The highest BCUT2D eigenvalue weighted by Crippen LogP contribution is 2.35. The molecule has 168 valence electrons. The first-order chi connectivity index (χ1) is 15.7. The minimum atomic E-state index is 0.0692. The normalized spacial score (nSPS) is 18.8. The third-order valence-electron chi connectivity index (χ3n) is 6.96. The van der Waals surface area contributed by atoms with Crippen LogP contribution in [0.3, 0.4) is 0 Å². The summed E-state index contributed by atoms with van der Waals surface area (Å²) in [6, 6.07) is 20.1. The van der Waals surface area contributed by atoms with Crippen LogP contribution in [0, 0.1) is 0 Å². The van der Waals surface area contributed by atoms with E-state index in [-0.39, 0.29) is 6.04 Å². The van der Waals surface area contributed by atoms with Crippen LogP contribution in [0.25, 0.3) is 0 Å². The number of hydrogen-bond acceptors (Lipinski definition) is 6. The molecule has 2 aliphatic rings. The van der Waals surface area contributed by atoms with Crippen LogP contribution in [0.5, 0.6) is 0 Å². The number of piperazine rings is 1. The lowest BCUT2D eigenvalue weighted by molar-refractivity contribution is 0.198. The molecule has 1 aromatic heterocycles. The Labute approximate surface area is 190 Å². The predicted octanol–water partition coefficient (Wildman–Crippen LogP) is 3.77. The Morgan fingerprint density at radius 3 is 2.22 bits per heavy atom. The second kappa shape index (κ2) is 9.28. The zero-order valence-electron chi connectivity index (χ0n) is 19.1. The molecule has 1 aliphatic heterocycles. The summed E-state index contributed by atoms with van der Waals surface area (Å²) in [5.74, 6) is 0.989. The summed E-state index contributed by atoms with van der Waals surface area (Å²) in [4.78, 5) is 7.17. The van der Waals surface area contributed by atoms with Crippen LogP contribution >= 0.6 is 0 Å². The van der Waals surface area contributed by atoms with Gasteiger partial charge in [-0.15, -0.1) is 5.10 Å². The minimum Gasteiger partial charge on any atom is -0.378 e. The van der Waals surface area contributed by atoms with E-state index in [0.29, 0.717) is 6.04 Å². The zero-order chi connectivity index (χ0) is 21.9. The first-order valence-corrected chi connectivity index (χ1v) is 11.8. The van der Waals surface area contributed by atoms with Crippen molar-refractivity contribution < 1.29 is 0 Å². The Morgan fingerprint density at radius 2 is 1.56 bits per heavy atom. The predicted molar refractivity (Wildman–Crippen MR) is 128 cm³/mol. The highest BCUT2D eigenvalue weighted by molar-refractivity contribution is 5.48. The number of hydrogen-bond donors (Lipinski definition) is 0.